The van der Waals surface area contributed by atoms with E-state index in [0.29, 0.717) is 23.7 Å². The summed E-state index contributed by atoms with van der Waals surface area (Å²) in [6.45, 7) is 7.83. The van der Waals surface area contributed by atoms with Gasteiger partial charge in [-0.2, -0.15) is 0 Å². The minimum absolute atomic E-state index is 0.0802. The second kappa shape index (κ2) is 14.3. The van der Waals surface area contributed by atoms with Crippen molar-refractivity contribution in [1.29, 1.82) is 0 Å². The molecule has 186 valence electrons. The highest BCUT2D eigenvalue weighted by atomic mass is 16.6. The highest BCUT2D eigenvalue weighted by Crippen LogP contribution is 2.28. The summed E-state index contributed by atoms with van der Waals surface area (Å²) in [6, 6.07) is 23.2. The highest BCUT2D eigenvalue weighted by molar-refractivity contribution is 5.92. The van der Waals surface area contributed by atoms with Crippen molar-refractivity contribution in [2.75, 3.05) is 13.2 Å². The fraction of sp³-hybridized carbons (Fsp3) is 0.387. The van der Waals surface area contributed by atoms with Crippen LogP contribution in [0.2, 0.25) is 0 Å². The van der Waals surface area contributed by atoms with Crippen LogP contribution in [0.3, 0.4) is 0 Å². The van der Waals surface area contributed by atoms with Gasteiger partial charge in [-0.1, -0.05) is 88.1 Å². The summed E-state index contributed by atoms with van der Waals surface area (Å²) < 4.78 is 17.4. The molecule has 0 radical (unpaired) electrons. The van der Waals surface area contributed by atoms with Gasteiger partial charge in [-0.25, -0.2) is 4.79 Å². The van der Waals surface area contributed by atoms with E-state index in [1.54, 1.807) is 18.2 Å². The number of para-hydroxylation sites is 2. The third-order valence-corrected chi connectivity index (χ3v) is 6.01. The predicted molar refractivity (Wildman–Crippen MR) is 142 cm³/mol. The van der Waals surface area contributed by atoms with Gasteiger partial charge < -0.3 is 14.2 Å². The van der Waals surface area contributed by atoms with Crippen LogP contribution in [0.15, 0.2) is 72.8 Å². The largest absolute Gasteiger partial charge is 0.490 e. The molecule has 3 aromatic rings. The second-order valence-corrected chi connectivity index (χ2v) is 8.81. The van der Waals surface area contributed by atoms with E-state index in [0.717, 1.165) is 37.0 Å². The molecule has 0 fully saturated rings. The first-order chi connectivity index (χ1) is 17.1. The molecular weight excluding hydrogens is 436 g/mol. The standard InChI is InChI=1S/C31H38O4/c1-4-6-8-11-23-33-24(3)25-14-16-26(17-15-25)27-18-20-28(21-19-27)31(32)35-30-13-10-9-12-29(30)34-22-7-5-2/h9-10,12-21,24H,4-8,11,22-23H2,1-3H3. The van der Waals surface area contributed by atoms with Gasteiger partial charge in [0.25, 0.3) is 0 Å². The monoisotopic (exact) mass is 474 g/mol. The molecule has 35 heavy (non-hydrogen) atoms. The van der Waals surface area contributed by atoms with Crippen LogP contribution in [0.5, 0.6) is 11.5 Å². The van der Waals surface area contributed by atoms with Crippen molar-refractivity contribution in [2.24, 2.45) is 0 Å². The number of hydrogen-bond acceptors (Lipinski definition) is 4. The van der Waals surface area contributed by atoms with Crippen LogP contribution >= 0.6 is 0 Å². The van der Waals surface area contributed by atoms with Crippen molar-refractivity contribution in [1.82, 2.24) is 0 Å². The van der Waals surface area contributed by atoms with Gasteiger partial charge in [-0.05, 0) is 60.7 Å². The molecule has 0 N–H and O–H groups in total. The van der Waals surface area contributed by atoms with Crippen LogP contribution in [-0.2, 0) is 4.74 Å². The topological polar surface area (TPSA) is 44.8 Å². The molecule has 4 heteroatoms. The van der Waals surface area contributed by atoms with E-state index in [2.05, 4.69) is 45.0 Å². The van der Waals surface area contributed by atoms with Crippen molar-refractivity contribution >= 4 is 5.97 Å². The quantitative estimate of drug-likeness (QED) is 0.134. The molecule has 0 aliphatic carbocycles. The molecular formula is C31H38O4. The van der Waals surface area contributed by atoms with Crippen LogP contribution in [0, 0.1) is 0 Å². The smallest absolute Gasteiger partial charge is 0.343 e. The molecule has 3 rings (SSSR count). The summed E-state index contributed by atoms with van der Waals surface area (Å²) in [5.74, 6) is 0.628. The maximum Gasteiger partial charge on any atom is 0.343 e. The Morgan fingerprint density at radius 1 is 0.714 bits per heavy atom. The maximum absolute atomic E-state index is 12.7. The molecule has 0 aliphatic heterocycles. The number of carbonyl (C=O) groups excluding carboxylic acids is 1. The van der Waals surface area contributed by atoms with Gasteiger partial charge >= 0.3 is 5.97 Å². The van der Waals surface area contributed by atoms with Crippen LogP contribution in [0.4, 0.5) is 0 Å². The highest BCUT2D eigenvalue weighted by Gasteiger charge is 2.13. The summed E-state index contributed by atoms with van der Waals surface area (Å²) >= 11 is 0. The molecule has 3 aromatic carbocycles. The normalized spacial score (nSPS) is 11.7. The Balaban J connectivity index is 1.57. The van der Waals surface area contributed by atoms with Crippen LogP contribution in [-0.4, -0.2) is 19.2 Å². The molecule has 0 aromatic heterocycles. The third kappa shape index (κ3) is 8.25. The maximum atomic E-state index is 12.7. The minimum Gasteiger partial charge on any atom is -0.490 e. The van der Waals surface area contributed by atoms with Gasteiger partial charge in [-0.15, -0.1) is 0 Å². The van der Waals surface area contributed by atoms with Gasteiger partial charge in [-0.3, -0.25) is 0 Å². The molecule has 0 aliphatic rings. The minimum atomic E-state index is -0.400. The van der Waals surface area contributed by atoms with Crippen molar-refractivity contribution in [3.63, 3.8) is 0 Å². The number of unbranched alkanes of at least 4 members (excludes halogenated alkanes) is 4. The predicted octanol–water partition coefficient (Wildman–Crippen LogP) is 8.41. The molecule has 1 unspecified atom stereocenters. The van der Waals surface area contributed by atoms with Crippen molar-refractivity contribution in [3.05, 3.63) is 83.9 Å². The first-order valence-corrected chi connectivity index (χ1v) is 12.9. The van der Waals surface area contributed by atoms with E-state index in [9.17, 15) is 4.79 Å². The zero-order chi connectivity index (χ0) is 24.9. The molecule has 1 atom stereocenters. The Labute approximate surface area is 210 Å². The van der Waals surface area contributed by atoms with Crippen LogP contribution < -0.4 is 9.47 Å². The number of carbonyl (C=O) groups is 1. The molecule has 0 saturated carbocycles. The van der Waals surface area contributed by atoms with E-state index >= 15 is 0 Å². The number of rotatable bonds is 14. The van der Waals surface area contributed by atoms with Gasteiger partial charge in [0.2, 0.25) is 0 Å². The van der Waals surface area contributed by atoms with Crippen molar-refractivity contribution in [2.45, 2.75) is 65.4 Å². The molecule has 0 heterocycles. The average Bonchev–Trinajstić information content (AvgIpc) is 2.90. The van der Waals surface area contributed by atoms with Gasteiger partial charge in [0.1, 0.15) is 0 Å². The van der Waals surface area contributed by atoms with Gasteiger partial charge in [0, 0.05) is 6.61 Å². The number of esters is 1. The Hall–Kier alpha value is -3.11. The van der Waals surface area contributed by atoms with Crippen molar-refractivity contribution in [3.8, 4) is 22.6 Å². The van der Waals surface area contributed by atoms with Crippen LogP contribution in [0.25, 0.3) is 11.1 Å². The fourth-order valence-electron chi connectivity index (χ4n) is 3.77. The van der Waals surface area contributed by atoms with E-state index in [4.69, 9.17) is 14.2 Å². The van der Waals surface area contributed by atoms with Gasteiger partial charge in [0.05, 0.1) is 18.3 Å². The first kappa shape index (κ1) is 26.5. The van der Waals surface area contributed by atoms with E-state index in [1.165, 1.54) is 24.8 Å². The first-order valence-electron chi connectivity index (χ1n) is 12.9. The van der Waals surface area contributed by atoms with Gasteiger partial charge in [0.15, 0.2) is 11.5 Å². The second-order valence-electron chi connectivity index (χ2n) is 8.81. The van der Waals surface area contributed by atoms with E-state index in [-0.39, 0.29) is 6.10 Å². The van der Waals surface area contributed by atoms with Crippen molar-refractivity contribution < 1.29 is 19.0 Å². The summed E-state index contributed by atoms with van der Waals surface area (Å²) in [5.41, 5.74) is 3.81. The van der Waals surface area contributed by atoms with E-state index in [1.807, 2.05) is 30.3 Å². The Bertz CT molecular complexity index is 1020. The summed E-state index contributed by atoms with van der Waals surface area (Å²) in [7, 11) is 0. The average molecular weight is 475 g/mol. The summed E-state index contributed by atoms with van der Waals surface area (Å²) in [4.78, 5) is 12.7. The molecule has 0 saturated heterocycles. The lowest BCUT2D eigenvalue weighted by atomic mass is 10.0. The number of hydrogen-bond donors (Lipinski definition) is 0. The third-order valence-electron chi connectivity index (χ3n) is 6.01. The molecule has 0 spiro atoms. The Kier molecular flexibility index (Phi) is 10.8. The zero-order valence-electron chi connectivity index (χ0n) is 21.3. The van der Waals surface area contributed by atoms with Crippen LogP contribution in [0.1, 0.15) is 81.3 Å². The summed E-state index contributed by atoms with van der Waals surface area (Å²) in [5, 5.41) is 0. The summed E-state index contributed by atoms with van der Waals surface area (Å²) in [6.07, 6.45) is 6.92. The number of benzene rings is 3. The molecule has 0 amide bonds. The SMILES string of the molecule is CCCCCCOC(C)c1ccc(-c2ccc(C(=O)Oc3ccccc3OCCCC)cc2)cc1. The Morgan fingerprint density at radius 2 is 1.34 bits per heavy atom. The lowest BCUT2D eigenvalue weighted by Gasteiger charge is -2.14. The van der Waals surface area contributed by atoms with E-state index < -0.39 is 5.97 Å². The zero-order valence-corrected chi connectivity index (χ0v) is 21.3. The number of ether oxygens (including phenoxy) is 3. The lowest BCUT2D eigenvalue weighted by molar-refractivity contribution is 0.0628. The Morgan fingerprint density at radius 3 is 2.00 bits per heavy atom. The fourth-order valence-corrected chi connectivity index (χ4v) is 3.77. The lowest BCUT2D eigenvalue weighted by Crippen LogP contribution is -2.09. The molecule has 4 nitrogen and oxygen atoms in total. The molecule has 0 bridgehead atoms.